The van der Waals surface area contributed by atoms with Gasteiger partial charge in [-0.2, -0.15) is 4.52 Å². The molecule has 0 amide bonds. The van der Waals surface area contributed by atoms with Crippen LogP contribution in [0.1, 0.15) is 27.5 Å². The van der Waals surface area contributed by atoms with Crippen molar-refractivity contribution in [3.63, 3.8) is 0 Å². The molecule has 0 atom stereocenters. The molecule has 1 aliphatic rings. The van der Waals surface area contributed by atoms with E-state index in [9.17, 15) is 0 Å². The summed E-state index contributed by atoms with van der Waals surface area (Å²) in [5, 5.41) is 13.8. The van der Waals surface area contributed by atoms with E-state index in [0.717, 1.165) is 52.8 Å². The lowest BCUT2D eigenvalue weighted by Crippen LogP contribution is -2.32. The maximum atomic E-state index is 4.74. The molecule has 0 unspecified atom stereocenters. The average molecular weight is 377 g/mol. The van der Waals surface area contributed by atoms with Crippen LogP contribution in [0.2, 0.25) is 0 Å². The van der Waals surface area contributed by atoms with E-state index in [0.29, 0.717) is 0 Å². The molecule has 4 aromatic rings. The van der Waals surface area contributed by atoms with E-state index < -0.39 is 0 Å². The minimum absolute atomic E-state index is 0.772. The van der Waals surface area contributed by atoms with Gasteiger partial charge in [-0.1, -0.05) is 0 Å². The zero-order valence-corrected chi connectivity index (χ0v) is 16.3. The molecule has 7 nitrogen and oxygen atoms in total. The van der Waals surface area contributed by atoms with Crippen molar-refractivity contribution in [2.75, 3.05) is 11.4 Å². The highest BCUT2D eigenvalue weighted by Gasteiger charge is 2.22. The SMILES string of the molecule is Cc1nc(C)c(-c2cnc3c(c2)CN(c2nn4cnnc4cc2C)CC3)s1. The van der Waals surface area contributed by atoms with Gasteiger partial charge in [0.05, 0.1) is 15.6 Å². The summed E-state index contributed by atoms with van der Waals surface area (Å²) in [5.41, 5.74) is 6.54. The van der Waals surface area contributed by atoms with Crippen LogP contribution in [-0.2, 0) is 13.0 Å². The van der Waals surface area contributed by atoms with E-state index in [1.54, 1.807) is 22.2 Å². The molecule has 8 heteroatoms. The number of pyridine rings is 1. The van der Waals surface area contributed by atoms with Gasteiger partial charge in [0.1, 0.15) is 6.33 Å². The van der Waals surface area contributed by atoms with Gasteiger partial charge in [-0.3, -0.25) is 4.98 Å². The number of hydrogen-bond donors (Lipinski definition) is 0. The first kappa shape index (κ1) is 16.3. The van der Waals surface area contributed by atoms with Gasteiger partial charge >= 0.3 is 0 Å². The number of aromatic nitrogens is 6. The number of fused-ring (bicyclic) bond motifs is 2. The molecule has 0 saturated carbocycles. The van der Waals surface area contributed by atoms with Crippen LogP contribution in [0.15, 0.2) is 24.7 Å². The molecule has 0 bridgehead atoms. The van der Waals surface area contributed by atoms with Gasteiger partial charge in [-0.25, -0.2) is 4.98 Å². The Hall–Kier alpha value is -2.87. The lowest BCUT2D eigenvalue weighted by Gasteiger charge is -2.30. The van der Waals surface area contributed by atoms with E-state index in [1.807, 2.05) is 19.2 Å². The number of anilines is 1. The summed E-state index contributed by atoms with van der Waals surface area (Å²) >= 11 is 1.73. The third-order valence-electron chi connectivity index (χ3n) is 4.96. The Balaban J connectivity index is 1.52. The minimum atomic E-state index is 0.772. The van der Waals surface area contributed by atoms with E-state index in [2.05, 4.69) is 40.0 Å². The fraction of sp³-hybridized carbons (Fsp3) is 0.316. The molecule has 0 radical (unpaired) electrons. The zero-order chi connectivity index (χ0) is 18.5. The van der Waals surface area contributed by atoms with Gasteiger partial charge in [0.25, 0.3) is 0 Å². The van der Waals surface area contributed by atoms with Gasteiger partial charge < -0.3 is 4.90 Å². The van der Waals surface area contributed by atoms with E-state index in [4.69, 9.17) is 10.1 Å². The van der Waals surface area contributed by atoms with Gasteiger partial charge in [0.15, 0.2) is 11.5 Å². The number of nitrogens with zero attached hydrogens (tertiary/aromatic N) is 7. The van der Waals surface area contributed by atoms with Crippen molar-refractivity contribution >= 4 is 22.8 Å². The highest BCUT2D eigenvalue weighted by Crippen LogP contribution is 2.32. The first-order valence-corrected chi connectivity index (χ1v) is 9.75. The lowest BCUT2D eigenvalue weighted by molar-refractivity contribution is 0.689. The smallest absolute Gasteiger partial charge is 0.177 e. The predicted octanol–water partition coefficient (Wildman–Crippen LogP) is 3.13. The van der Waals surface area contributed by atoms with Crippen LogP contribution in [-0.4, -0.2) is 36.3 Å². The fourth-order valence-corrected chi connectivity index (χ4v) is 4.59. The van der Waals surface area contributed by atoms with Gasteiger partial charge in [-0.15, -0.1) is 26.6 Å². The number of hydrogen-bond acceptors (Lipinski definition) is 7. The first-order valence-electron chi connectivity index (χ1n) is 8.93. The Morgan fingerprint density at radius 2 is 2.04 bits per heavy atom. The second-order valence-corrected chi connectivity index (χ2v) is 8.14. The third-order valence-corrected chi connectivity index (χ3v) is 6.08. The minimum Gasteiger partial charge on any atom is -0.350 e. The van der Waals surface area contributed by atoms with Crippen LogP contribution in [0.25, 0.3) is 16.1 Å². The second-order valence-electron chi connectivity index (χ2n) is 6.93. The summed E-state index contributed by atoms with van der Waals surface area (Å²) in [6.07, 6.45) is 4.55. The molecule has 27 heavy (non-hydrogen) atoms. The normalized spacial score (nSPS) is 14.0. The van der Waals surface area contributed by atoms with Crippen LogP contribution in [0, 0.1) is 20.8 Å². The van der Waals surface area contributed by atoms with E-state index in [-0.39, 0.29) is 0 Å². The molecule has 1 aliphatic heterocycles. The topological polar surface area (TPSA) is 72.1 Å². The Morgan fingerprint density at radius 3 is 2.85 bits per heavy atom. The summed E-state index contributed by atoms with van der Waals surface area (Å²) in [6.45, 7) is 7.88. The van der Waals surface area contributed by atoms with Crippen molar-refractivity contribution in [2.45, 2.75) is 33.7 Å². The molecule has 5 rings (SSSR count). The summed E-state index contributed by atoms with van der Waals surface area (Å²) in [4.78, 5) is 12.8. The van der Waals surface area contributed by atoms with Crippen LogP contribution in [0.3, 0.4) is 0 Å². The highest BCUT2D eigenvalue weighted by atomic mass is 32.1. The van der Waals surface area contributed by atoms with Crippen molar-refractivity contribution in [2.24, 2.45) is 0 Å². The Kier molecular flexibility index (Phi) is 3.68. The first-order chi connectivity index (χ1) is 13.1. The summed E-state index contributed by atoms with van der Waals surface area (Å²) < 4.78 is 1.73. The van der Waals surface area contributed by atoms with Gasteiger partial charge in [-0.05, 0) is 44.0 Å². The molecule has 5 heterocycles. The molecular formula is C19H19N7S. The van der Waals surface area contributed by atoms with Crippen LogP contribution in [0.4, 0.5) is 5.82 Å². The van der Waals surface area contributed by atoms with Crippen LogP contribution >= 0.6 is 11.3 Å². The van der Waals surface area contributed by atoms with E-state index in [1.165, 1.54) is 16.1 Å². The molecule has 0 N–H and O–H groups in total. The molecular weight excluding hydrogens is 358 g/mol. The van der Waals surface area contributed by atoms with Crippen molar-refractivity contribution < 1.29 is 0 Å². The molecule has 0 saturated heterocycles. The van der Waals surface area contributed by atoms with Crippen molar-refractivity contribution in [3.8, 4) is 10.4 Å². The average Bonchev–Trinajstić information content (AvgIpc) is 3.25. The van der Waals surface area contributed by atoms with Crippen molar-refractivity contribution in [1.82, 2.24) is 29.8 Å². The molecule has 0 aliphatic carbocycles. The van der Waals surface area contributed by atoms with Crippen molar-refractivity contribution in [3.05, 3.63) is 52.2 Å². The summed E-state index contributed by atoms with van der Waals surface area (Å²) in [7, 11) is 0. The van der Waals surface area contributed by atoms with Crippen LogP contribution < -0.4 is 4.90 Å². The predicted molar refractivity (Wildman–Crippen MR) is 105 cm³/mol. The summed E-state index contributed by atoms with van der Waals surface area (Å²) in [5.74, 6) is 0.975. The number of rotatable bonds is 2. The Morgan fingerprint density at radius 1 is 1.15 bits per heavy atom. The van der Waals surface area contributed by atoms with Crippen LogP contribution in [0.5, 0.6) is 0 Å². The quantitative estimate of drug-likeness (QED) is 0.534. The zero-order valence-electron chi connectivity index (χ0n) is 15.5. The van der Waals surface area contributed by atoms with E-state index >= 15 is 0 Å². The lowest BCUT2D eigenvalue weighted by atomic mass is 10.0. The molecule has 0 spiro atoms. The monoisotopic (exact) mass is 377 g/mol. The Bertz CT molecular complexity index is 1160. The largest absolute Gasteiger partial charge is 0.350 e. The summed E-state index contributed by atoms with van der Waals surface area (Å²) in [6, 6.07) is 4.30. The molecule has 4 aromatic heterocycles. The number of aryl methyl sites for hydroxylation is 3. The standard InChI is InChI=1S/C19H19N7S/c1-11-6-17-23-21-10-26(17)24-19(11)25-5-4-16-15(9-25)7-14(8-20-16)18-12(2)22-13(3)27-18/h6-8,10H,4-5,9H2,1-3H3. The van der Waals surface area contributed by atoms with Gasteiger partial charge in [0, 0.05) is 37.0 Å². The Labute approximate surface area is 160 Å². The maximum absolute atomic E-state index is 4.74. The highest BCUT2D eigenvalue weighted by molar-refractivity contribution is 7.15. The fourth-order valence-electron chi connectivity index (χ4n) is 3.69. The molecule has 0 aromatic carbocycles. The third kappa shape index (κ3) is 2.76. The van der Waals surface area contributed by atoms with Crippen molar-refractivity contribution in [1.29, 1.82) is 0 Å². The number of thiazole rings is 1. The molecule has 136 valence electrons. The van der Waals surface area contributed by atoms with Gasteiger partial charge in [0.2, 0.25) is 0 Å². The maximum Gasteiger partial charge on any atom is 0.177 e. The second kappa shape index (κ2) is 6.09. The molecule has 0 fully saturated rings.